The Morgan fingerprint density at radius 3 is 2.72 bits per heavy atom. The number of amides is 1. The van der Waals surface area contributed by atoms with Crippen molar-refractivity contribution < 1.29 is 4.79 Å². The lowest BCUT2D eigenvalue weighted by atomic mass is 10.2. The highest BCUT2D eigenvalue weighted by Crippen LogP contribution is 2.21. The Hall–Kier alpha value is -1.96. The molecule has 3 rings (SSSR count). The lowest BCUT2D eigenvalue weighted by molar-refractivity contribution is 0.0682. The summed E-state index contributed by atoms with van der Waals surface area (Å²) in [6.45, 7) is 8.30. The summed E-state index contributed by atoms with van der Waals surface area (Å²) in [4.78, 5) is 24.3. The van der Waals surface area contributed by atoms with Crippen LogP contribution in [0.4, 0.5) is 0 Å². The average molecular weight is 419 g/mol. The summed E-state index contributed by atoms with van der Waals surface area (Å²) in [5.74, 6) is 0.746. The van der Waals surface area contributed by atoms with Crippen LogP contribution in [0.15, 0.2) is 24.3 Å². The summed E-state index contributed by atoms with van der Waals surface area (Å²) in [6, 6.07) is 7.85. The van der Waals surface area contributed by atoms with Crippen molar-refractivity contribution >= 4 is 17.5 Å². The number of aromatic nitrogens is 3. The highest BCUT2D eigenvalue weighted by atomic mass is 35.5. The Balaban J connectivity index is 1.83. The van der Waals surface area contributed by atoms with E-state index in [-0.39, 0.29) is 11.7 Å². The van der Waals surface area contributed by atoms with Gasteiger partial charge in [-0.1, -0.05) is 30.7 Å². The molecule has 0 bridgehead atoms. The number of nitrogens with zero attached hydrogens (tertiary/aromatic N) is 6. The molecule has 1 saturated heterocycles. The molecule has 0 radical (unpaired) electrons. The first-order chi connectivity index (χ1) is 13.9. The number of carbonyl (C=O) groups is 1. The van der Waals surface area contributed by atoms with E-state index in [1.54, 1.807) is 4.68 Å². The Bertz CT molecular complexity index is 836. The van der Waals surface area contributed by atoms with E-state index in [4.69, 9.17) is 11.6 Å². The van der Waals surface area contributed by atoms with E-state index in [1.165, 1.54) is 6.42 Å². The summed E-state index contributed by atoms with van der Waals surface area (Å²) in [5.41, 5.74) is 0.728. The smallest absolute Gasteiger partial charge is 0.293 e. The molecular weight excluding hydrogens is 388 g/mol. The maximum Gasteiger partial charge on any atom is 0.293 e. The number of likely N-dealkylation sites (tertiary alicyclic amines) is 1. The molecule has 1 aromatic carbocycles. The summed E-state index contributed by atoms with van der Waals surface area (Å²) in [6.07, 6.45) is 2.31. The fraction of sp³-hybridized carbons (Fsp3) is 0.571. The van der Waals surface area contributed by atoms with Crippen LogP contribution in [0.3, 0.4) is 0 Å². The molecule has 7 nitrogen and oxygen atoms in total. The van der Waals surface area contributed by atoms with Crippen LogP contribution in [0.1, 0.15) is 36.2 Å². The number of likely N-dealkylation sites (N-methyl/N-ethyl adjacent to an activating group) is 2. The lowest BCUT2D eigenvalue weighted by Crippen LogP contribution is -2.45. The van der Waals surface area contributed by atoms with Crippen molar-refractivity contribution in [1.82, 2.24) is 29.5 Å². The predicted octanol–water partition coefficient (Wildman–Crippen LogP) is 2.72. The molecule has 2 aromatic rings. The molecule has 8 heteroatoms. The number of hydrogen-bond donors (Lipinski definition) is 0. The van der Waals surface area contributed by atoms with E-state index in [1.807, 2.05) is 50.2 Å². The number of aryl methyl sites for hydroxylation is 1. The molecule has 158 valence electrons. The summed E-state index contributed by atoms with van der Waals surface area (Å²) >= 11 is 6.32. The second-order valence-corrected chi connectivity index (χ2v) is 8.23. The molecule has 1 aliphatic heterocycles. The van der Waals surface area contributed by atoms with E-state index < -0.39 is 0 Å². The highest BCUT2D eigenvalue weighted by Gasteiger charge is 2.29. The van der Waals surface area contributed by atoms with Gasteiger partial charge in [-0.2, -0.15) is 0 Å². The molecule has 2 heterocycles. The summed E-state index contributed by atoms with van der Waals surface area (Å²) in [5, 5.41) is 5.08. The van der Waals surface area contributed by atoms with Crippen molar-refractivity contribution in [3.05, 3.63) is 40.9 Å². The second kappa shape index (κ2) is 9.69. The maximum atomic E-state index is 13.3. The van der Waals surface area contributed by atoms with E-state index in [0.717, 1.165) is 31.7 Å². The molecule has 1 atom stereocenters. The van der Waals surface area contributed by atoms with Gasteiger partial charge in [0.1, 0.15) is 5.82 Å². The highest BCUT2D eigenvalue weighted by molar-refractivity contribution is 6.32. The van der Waals surface area contributed by atoms with E-state index in [0.29, 0.717) is 30.0 Å². The van der Waals surface area contributed by atoms with Crippen LogP contribution in [0, 0.1) is 6.92 Å². The van der Waals surface area contributed by atoms with Gasteiger partial charge in [0, 0.05) is 25.7 Å². The Labute approximate surface area is 178 Å². The third-order valence-corrected chi connectivity index (χ3v) is 5.80. The first kappa shape index (κ1) is 21.7. The molecule has 1 unspecified atom stereocenters. The van der Waals surface area contributed by atoms with Gasteiger partial charge in [0.2, 0.25) is 5.82 Å². The third kappa shape index (κ3) is 5.15. The van der Waals surface area contributed by atoms with Crippen LogP contribution in [-0.2, 0) is 0 Å². The van der Waals surface area contributed by atoms with Crippen LogP contribution in [0.25, 0.3) is 5.69 Å². The van der Waals surface area contributed by atoms with Crippen molar-refractivity contribution in [3.63, 3.8) is 0 Å². The first-order valence-electron chi connectivity index (χ1n) is 10.3. The largest absolute Gasteiger partial charge is 0.333 e. The third-order valence-electron chi connectivity index (χ3n) is 5.48. The molecule has 0 spiro atoms. The van der Waals surface area contributed by atoms with Crippen LogP contribution in [0.2, 0.25) is 5.02 Å². The van der Waals surface area contributed by atoms with Gasteiger partial charge >= 0.3 is 0 Å². The van der Waals surface area contributed by atoms with Gasteiger partial charge < -0.3 is 9.80 Å². The maximum absolute atomic E-state index is 13.3. The number of para-hydroxylation sites is 1. The van der Waals surface area contributed by atoms with Crippen molar-refractivity contribution in [2.75, 3.05) is 46.8 Å². The number of rotatable bonds is 8. The van der Waals surface area contributed by atoms with Gasteiger partial charge in [-0.3, -0.25) is 9.69 Å². The van der Waals surface area contributed by atoms with Gasteiger partial charge in [-0.15, -0.1) is 5.10 Å². The van der Waals surface area contributed by atoms with Crippen LogP contribution in [-0.4, -0.2) is 88.2 Å². The lowest BCUT2D eigenvalue weighted by Gasteiger charge is -2.30. The molecule has 0 aliphatic carbocycles. The normalized spacial score (nSPS) is 17.2. The monoisotopic (exact) mass is 418 g/mol. The van der Waals surface area contributed by atoms with E-state index >= 15 is 0 Å². The molecule has 1 amide bonds. The van der Waals surface area contributed by atoms with Gasteiger partial charge in [0.15, 0.2) is 0 Å². The van der Waals surface area contributed by atoms with Crippen molar-refractivity contribution in [2.45, 2.75) is 32.7 Å². The molecular formula is C21H31ClN6O. The molecule has 0 N–H and O–H groups in total. The topological polar surface area (TPSA) is 57.5 Å². The van der Waals surface area contributed by atoms with Crippen molar-refractivity contribution in [1.29, 1.82) is 0 Å². The first-order valence-corrected chi connectivity index (χ1v) is 10.6. The quantitative estimate of drug-likeness (QED) is 0.659. The Kier molecular flexibility index (Phi) is 7.27. The molecule has 1 fully saturated rings. The fourth-order valence-corrected chi connectivity index (χ4v) is 4.06. The SMILES string of the molecule is CCN1CCCC1CN(CCN(C)C)C(=O)c1nc(C)n(-c2ccccc2Cl)n1. The minimum absolute atomic E-state index is 0.122. The van der Waals surface area contributed by atoms with Gasteiger partial charge in [-0.25, -0.2) is 9.67 Å². The predicted molar refractivity (Wildman–Crippen MR) is 116 cm³/mol. The number of halogens is 1. The van der Waals surface area contributed by atoms with Crippen LogP contribution < -0.4 is 0 Å². The van der Waals surface area contributed by atoms with Gasteiger partial charge in [0.25, 0.3) is 5.91 Å². The molecule has 29 heavy (non-hydrogen) atoms. The number of benzene rings is 1. The Morgan fingerprint density at radius 1 is 1.28 bits per heavy atom. The minimum Gasteiger partial charge on any atom is -0.333 e. The zero-order valence-electron chi connectivity index (χ0n) is 17.8. The van der Waals surface area contributed by atoms with E-state index in [2.05, 4.69) is 26.8 Å². The van der Waals surface area contributed by atoms with E-state index in [9.17, 15) is 4.79 Å². The van der Waals surface area contributed by atoms with Crippen molar-refractivity contribution in [3.8, 4) is 5.69 Å². The zero-order valence-corrected chi connectivity index (χ0v) is 18.6. The molecule has 1 aromatic heterocycles. The van der Waals surface area contributed by atoms with Crippen LogP contribution >= 0.6 is 11.6 Å². The Morgan fingerprint density at radius 2 is 2.03 bits per heavy atom. The van der Waals surface area contributed by atoms with Gasteiger partial charge in [0.05, 0.1) is 10.7 Å². The summed E-state index contributed by atoms with van der Waals surface area (Å²) in [7, 11) is 4.04. The van der Waals surface area contributed by atoms with Crippen LogP contribution in [0.5, 0.6) is 0 Å². The average Bonchev–Trinajstić information content (AvgIpc) is 3.31. The molecule has 0 saturated carbocycles. The fourth-order valence-electron chi connectivity index (χ4n) is 3.84. The standard InChI is InChI=1S/C21H31ClN6O/c1-5-26-12-8-9-17(26)15-27(14-13-25(3)4)21(29)20-23-16(2)28(24-20)19-11-7-6-10-18(19)22/h6-7,10-11,17H,5,8-9,12-15H2,1-4H3. The second-order valence-electron chi connectivity index (χ2n) is 7.82. The van der Waals surface area contributed by atoms with Crippen molar-refractivity contribution in [2.24, 2.45) is 0 Å². The van der Waals surface area contributed by atoms with Gasteiger partial charge in [-0.05, 0) is 59.1 Å². The summed E-state index contributed by atoms with van der Waals surface area (Å²) < 4.78 is 1.65. The zero-order chi connectivity index (χ0) is 21.0. The minimum atomic E-state index is -0.122. The number of hydrogen-bond acceptors (Lipinski definition) is 5. The number of carbonyl (C=O) groups excluding carboxylic acids is 1. The molecule has 1 aliphatic rings.